The Morgan fingerprint density at radius 2 is 1.89 bits per heavy atom. The van der Waals surface area contributed by atoms with E-state index in [9.17, 15) is 0 Å². The third-order valence-electron chi connectivity index (χ3n) is 5.26. The highest BCUT2D eigenvalue weighted by molar-refractivity contribution is 5.04. The zero-order chi connectivity index (χ0) is 13.7. The molecule has 2 rings (SSSR count). The average molecular weight is 269 g/mol. The first-order chi connectivity index (χ1) is 9.20. The minimum Gasteiger partial charge on any atom is -0.378 e. The minimum absolute atomic E-state index is 0.309. The molecule has 0 aromatic rings. The van der Waals surface area contributed by atoms with E-state index in [-0.39, 0.29) is 0 Å². The van der Waals surface area contributed by atoms with Gasteiger partial charge in [0.05, 0.1) is 18.8 Å². The maximum Gasteiger partial charge on any atom is 0.0658 e. The predicted molar refractivity (Wildman–Crippen MR) is 78.4 cm³/mol. The second kappa shape index (κ2) is 7.05. The Hall–Kier alpha value is -0.120. The molecule has 2 fully saturated rings. The van der Waals surface area contributed by atoms with Crippen molar-refractivity contribution in [2.24, 2.45) is 5.41 Å². The maximum absolute atomic E-state index is 5.90. The van der Waals surface area contributed by atoms with Crippen molar-refractivity contribution < 1.29 is 9.47 Å². The van der Waals surface area contributed by atoms with Crippen LogP contribution in [0.15, 0.2) is 0 Å². The minimum atomic E-state index is 0.309. The van der Waals surface area contributed by atoms with Crippen molar-refractivity contribution in [1.82, 2.24) is 5.32 Å². The molecule has 0 saturated heterocycles. The lowest BCUT2D eigenvalue weighted by molar-refractivity contribution is -0.126. The van der Waals surface area contributed by atoms with Crippen LogP contribution >= 0.6 is 0 Å². The standard InChI is InChI=1S/C16H31NO2/c1-4-16(3)14(12-15(16)18-5-2)17-10-11-19-13-8-6-7-9-13/h13-15,17H,4-12H2,1-3H3. The van der Waals surface area contributed by atoms with Crippen molar-refractivity contribution in [3.63, 3.8) is 0 Å². The van der Waals surface area contributed by atoms with E-state index in [2.05, 4.69) is 26.1 Å². The maximum atomic E-state index is 5.90. The summed E-state index contributed by atoms with van der Waals surface area (Å²) in [5, 5.41) is 3.67. The molecule has 19 heavy (non-hydrogen) atoms. The molecule has 0 aromatic carbocycles. The van der Waals surface area contributed by atoms with Crippen LogP contribution in [0.3, 0.4) is 0 Å². The number of hydrogen-bond acceptors (Lipinski definition) is 3. The Bertz CT molecular complexity index is 265. The highest BCUT2D eigenvalue weighted by Gasteiger charge is 2.50. The normalized spacial score (nSPS) is 35.5. The largest absolute Gasteiger partial charge is 0.378 e. The van der Waals surface area contributed by atoms with Gasteiger partial charge in [-0.05, 0) is 32.6 Å². The monoisotopic (exact) mass is 269 g/mol. The van der Waals surface area contributed by atoms with Gasteiger partial charge in [-0.1, -0.05) is 26.7 Å². The molecule has 2 aliphatic rings. The summed E-state index contributed by atoms with van der Waals surface area (Å²) in [6.45, 7) is 9.39. The van der Waals surface area contributed by atoms with Gasteiger partial charge in [-0.2, -0.15) is 0 Å². The van der Waals surface area contributed by atoms with Crippen LogP contribution in [0.4, 0.5) is 0 Å². The number of nitrogens with one attached hydrogen (secondary N) is 1. The van der Waals surface area contributed by atoms with Crippen LogP contribution in [0.1, 0.15) is 59.3 Å². The average Bonchev–Trinajstić information content (AvgIpc) is 2.93. The molecular weight excluding hydrogens is 238 g/mol. The fourth-order valence-electron chi connectivity index (χ4n) is 3.58. The Balaban J connectivity index is 1.63. The first-order valence-corrected chi connectivity index (χ1v) is 8.17. The van der Waals surface area contributed by atoms with Crippen LogP contribution in [0.5, 0.6) is 0 Å². The molecule has 0 amide bonds. The summed E-state index contributed by atoms with van der Waals surface area (Å²) in [6.07, 6.45) is 8.55. The van der Waals surface area contributed by atoms with Crippen LogP contribution in [-0.4, -0.2) is 38.0 Å². The fraction of sp³-hybridized carbons (Fsp3) is 1.00. The van der Waals surface area contributed by atoms with Gasteiger partial charge in [0.25, 0.3) is 0 Å². The predicted octanol–water partition coefficient (Wildman–Crippen LogP) is 3.13. The molecule has 0 aromatic heterocycles. The van der Waals surface area contributed by atoms with Gasteiger partial charge in [0.1, 0.15) is 0 Å². The summed E-state index contributed by atoms with van der Waals surface area (Å²) >= 11 is 0. The van der Waals surface area contributed by atoms with Crippen LogP contribution in [-0.2, 0) is 9.47 Å². The van der Waals surface area contributed by atoms with Gasteiger partial charge in [0.2, 0.25) is 0 Å². The van der Waals surface area contributed by atoms with Gasteiger partial charge in [0.15, 0.2) is 0 Å². The highest BCUT2D eigenvalue weighted by Crippen LogP contribution is 2.45. The molecule has 1 N–H and O–H groups in total. The second-order valence-electron chi connectivity index (χ2n) is 6.32. The van der Waals surface area contributed by atoms with Gasteiger partial charge in [0, 0.05) is 24.6 Å². The van der Waals surface area contributed by atoms with Gasteiger partial charge < -0.3 is 14.8 Å². The van der Waals surface area contributed by atoms with Gasteiger partial charge in [-0.3, -0.25) is 0 Å². The van der Waals surface area contributed by atoms with Crippen LogP contribution in [0.2, 0.25) is 0 Å². The zero-order valence-electron chi connectivity index (χ0n) is 12.9. The van der Waals surface area contributed by atoms with E-state index in [1.54, 1.807) is 0 Å². The Labute approximate surface area is 118 Å². The van der Waals surface area contributed by atoms with E-state index >= 15 is 0 Å². The summed E-state index contributed by atoms with van der Waals surface area (Å²) < 4.78 is 11.7. The van der Waals surface area contributed by atoms with Gasteiger partial charge in [-0.15, -0.1) is 0 Å². The first kappa shape index (κ1) is 15.3. The molecule has 2 saturated carbocycles. The SMILES string of the molecule is CCOC1CC(NCCOC2CCCC2)C1(C)CC. The highest BCUT2D eigenvalue weighted by atomic mass is 16.5. The summed E-state index contributed by atoms with van der Waals surface area (Å²) in [7, 11) is 0. The van der Waals surface area contributed by atoms with Crippen molar-refractivity contribution in [3.8, 4) is 0 Å². The first-order valence-electron chi connectivity index (χ1n) is 8.17. The third kappa shape index (κ3) is 3.50. The van der Waals surface area contributed by atoms with E-state index in [0.717, 1.165) is 26.2 Å². The summed E-state index contributed by atoms with van der Waals surface area (Å²) in [5.74, 6) is 0. The molecule has 0 heterocycles. The van der Waals surface area contributed by atoms with Crippen molar-refractivity contribution in [2.45, 2.75) is 77.5 Å². The van der Waals surface area contributed by atoms with E-state index in [1.165, 1.54) is 32.1 Å². The quantitative estimate of drug-likeness (QED) is 0.687. The molecule has 3 unspecified atom stereocenters. The van der Waals surface area contributed by atoms with Gasteiger partial charge in [-0.25, -0.2) is 0 Å². The molecule has 0 aliphatic heterocycles. The third-order valence-corrected chi connectivity index (χ3v) is 5.26. The molecule has 2 aliphatic carbocycles. The number of hydrogen-bond donors (Lipinski definition) is 1. The number of ether oxygens (including phenoxy) is 2. The molecular formula is C16H31NO2. The smallest absolute Gasteiger partial charge is 0.0658 e. The Morgan fingerprint density at radius 1 is 1.16 bits per heavy atom. The van der Waals surface area contributed by atoms with E-state index in [1.807, 2.05) is 0 Å². The molecule has 0 radical (unpaired) electrons. The lowest BCUT2D eigenvalue weighted by atomic mass is 9.61. The van der Waals surface area contributed by atoms with Crippen molar-refractivity contribution in [1.29, 1.82) is 0 Å². The molecule has 3 nitrogen and oxygen atoms in total. The van der Waals surface area contributed by atoms with Crippen molar-refractivity contribution >= 4 is 0 Å². The van der Waals surface area contributed by atoms with E-state index in [0.29, 0.717) is 23.7 Å². The summed E-state index contributed by atoms with van der Waals surface area (Å²) in [4.78, 5) is 0. The van der Waals surface area contributed by atoms with Crippen LogP contribution in [0, 0.1) is 5.41 Å². The van der Waals surface area contributed by atoms with Crippen molar-refractivity contribution in [3.05, 3.63) is 0 Å². The second-order valence-corrected chi connectivity index (χ2v) is 6.32. The molecule has 112 valence electrons. The van der Waals surface area contributed by atoms with Crippen LogP contribution < -0.4 is 5.32 Å². The molecule has 0 bridgehead atoms. The Morgan fingerprint density at radius 3 is 2.53 bits per heavy atom. The van der Waals surface area contributed by atoms with Gasteiger partial charge >= 0.3 is 0 Å². The fourth-order valence-corrected chi connectivity index (χ4v) is 3.58. The molecule has 3 atom stereocenters. The molecule has 0 spiro atoms. The van der Waals surface area contributed by atoms with Crippen molar-refractivity contribution in [2.75, 3.05) is 19.8 Å². The topological polar surface area (TPSA) is 30.5 Å². The zero-order valence-corrected chi connectivity index (χ0v) is 12.9. The van der Waals surface area contributed by atoms with E-state index in [4.69, 9.17) is 9.47 Å². The molecule has 3 heteroatoms. The lowest BCUT2D eigenvalue weighted by Gasteiger charge is -2.53. The van der Waals surface area contributed by atoms with E-state index < -0.39 is 0 Å². The Kier molecular flexibility index (Phi) is 5.67. The lowest BCUT2D eigenvalue weighted by Crippen LogP contribution is -2.62. The number of rotatable bonds is 8. The van der Waals surface area contributed by atoms with Crippen LogP contribution in [0.25, 0.3) is 0 Å². The summed E-state index contributed by atoms with van der Waals surface area (Å²) in [5.41, 5.74) is 0.309. The summed E-state index contributed by atoms with van der Waals surface area (Å²) in [6, 6.07) is 0.598.